The summed E-state index contributed by atoms with van der Waals surface area (Å²) < 4.78 is 34.2. The fourth-order valence-electron chi connectivity index (χ4n) is 4.33. The zero-order valence-electron chi connectivity index (χ0n) is 18.0. The quantitative estimate of drug-likeness (QED) is 0.616. The van der Waals surface area contributed by atoms with Gasteiger partial charge in [-0.2, -0.15) is 17.0 Å². The van der Waals surface area contributed by atoms with Crippen LogP contribution in [0.1, 0.15) is 44.4 Å². The lowest BCUT2D eigenvalue weighted by atomic mass is 10.0. The van der Waals surface area contributed by atoms with Crippen LogP contribution in [0.15, 0.2) is 6.20 Å². The van der Waals surface area contributed by atoms with Crippen LogP contribution in [0.2, 0.25) is 0 Å². The molecule has 172 valence electrons. The van der Waals surface area contributed by atoms with E-state index in [0.717, 1.165) is 24.1 Å². The average molecular weight is 472 g/mol. The molecular formula is C19H29N5O5S2. The van der Waals surface area contributed by atoms with Crippen molar-refractivity contribution < 1.29 is 22.7 Å². The van der Waals surface area contributed by atoms with Crippen LogP contribution in [0.4, 0.5) is 9.93 Å². The summed E-state index contributed by atoms with van der Waals surface area (Å²) in [5.41, 5.74) is 0. The third kappa shape index (κ3) is 4.30. The smallest absolute Gasteiger partial charge is 0.407 e. The van der Waals surface area contributed by atoms with E-state index in [2.05, 4.69) is 10.3 Å². The summed E-state index contributed by atoms with van der Waals surface area (Å²) in [6.45, 7) is 4.62. The first-order valence-corrected chi connectivity index (χ1v) is 12.9. The average Bonchev–Trinajstić information content (AvgIpc) is 3.14. The minimum atomic E-state index is -3.63. The third-order valence-electron chi connectivity index (χ3n) is 6.06. The van der Waals surface area contributed by atoms with Crippen LogP contribution in [0.3, 0.4) is 0 Å². The topological polar surface area (TPSA) is 112 Å². The lowest BCUT2D eigenvalue weighted by molar-refractivity contribution is -0.120. The van der Waals surface area contributed by atoms with Crippen molar-refractivity contribution in [2.24, 2.45) is 5.92 Å². The number of carbonyl (C=O) groups is 2. The zero-order valence-corrected chi connectivity index (χ0v) is 19.6. The standard InChI is InChI=1S/C19H29N5O5S2/c1-4-8-22(3)31(27,28)23-9-7-15-16(23)12(2)17(25)24(15)18-20-10-14(30-18)11-29-19(26)21-13-5-6-13/h10,12-13,15-16H,4-9,11H2,1-3H3,(H,21,26)/t12-,15-,16+/m0/s1. The van der Waals surface area contributed by atoms with E-state index in [1.807, 2.05) is 6.92 Å². The normalized spacial score (nSPS) is 26.5. The first-order valence-electron chi connectivity index (χ1n) is 10.7. The molecule has 0 radical (unpaired) electrons. The molecule has 12 heteroatoms. The molecule has 0 aromatic carbocycles. The SMILES string of the molecule is CCCN(C)S(=O)(=O)N1CC[C@H]2[C@H]1[C@H](C)C(=O)N2c1ncc(COC(=O)NC2CC2)s1. The van der Waals surface area contributed by atoms with Gasteiger partial charge in [-0.15, -0.1) is 0 Å². The molecular weight excluding hydrogens is 442 g/mol. The summed E-state index contributed by atoms with van der Waals surface area (Å²) in [4.78, 5) is 31.5. The fraction of sp³-hybridized carbons (Fsp3) is 0.737. The van der Waals surface area contributed by atoms with Gasteiger partial charge in [0.05, 0.1) is 22.9 Å². The van der Waals surface area contributed by atoms with Gasteiger partial charge < -0.3 is 10.1 Å². The maximum Gasteiger partial charge on any atom is 0.407 e. The van der Waals surface area contributed by atoms with Crippen LogP contribution < -0.4 is 10.2 Å². The number of fused-ring (bicyclic) bond motifs is 1. The summed E-state index contributed by atoms with van der Waals surface area (Å²) in [7, 11) is -2.05. The van der Waals surface area contributed by atoms with Crippen LogP contribution in [0.5, 0.6) is 0 Å². The van der Waals surface area contributed by atoms with E-state index < -0.39 is 28.3 Å². The van der Waals surface area contributed by atoms with E-state index in [0.29, 0.717) is 24.6 Å². The van der Waals surface area contributed by atoms with E-state index in [4.69, 9.17) is 4.74 Å². The summed E-state index contributed by atoms with van der Waals surface area (Å²) >= 11 is 1.30. The molecule has 1 aromatic heterocycles. The number of carbonyl (C=O) groups excluding carboxylic acids is 2. The van der Waals surface area contributed by atoms with Crippen molar-refractivity contribution in [1.82, 2.24) is 18.9 Å². The van der Waals surface area contributed by atoms with Gasteiger partial charge in [0, 0.05) is 32.4 Å². The Morgan fingerprint density at radius 2 is 2.13 bits per heavy atom. The minimum Gasteiger partial charge on any atom is -0.444 e. The van der Waals surface area contributed by atoms with Crippen molar-refractivity contribution in [3.8, 4) is 0 Å². The molecule has 10 nitrogen and oxygen atoms in total. The Balaban J connectivity index is 1.46. The summed E-state index contributed by atoms with van der Waals surface area (Å²) in [6.07, 6.45) is 4.41. The Morgan fingerprint density at radius 3 is 2.81 bits per heavy atom. The number of aromatic nitrogens is 1. The molecule has 2 amide bonds. The number of rotatable bonds is 8. The Labute approximate surface area is 186 Å². The van der Waals surface area contributed by atoms with Crippen LogP contribution >= 0.6 is 11.3 Å². The van der Waals surface area contributed by atoms with E-state index in [9.17, 15) is 18.0 Å². The number of thiazole rings is 1. The van der Waals surface area contributed by atoms with E-state index in [1.165, 1.54) is 19.9 Å². The third-order valence-corrected chi connectivity index (χ3v) is 9.02. The van der Waals surface area contributed by atoms with Gasteiger partial charge in [-0.3, -0.25) is 9.69 Å². The second-order valence-corrected chi connectivity index (χ2v) is 11.5. The Kier molecular flexibility index (Phi) is 6.25. The van der Waals surface area contributed by atoms with Crippen LogP contribution in [0, 0.1) is 5.92 Å². The maximum absolute atomic E-state index is 13.1. The molecule has 3 heterocycles. The molecule has 4 rings (SSSR count). The van der Waals surface area contributed by atoms with Crippen LogP contribution in [-0.4, -0.2) is 72.3 Å². The number of hydrogen-bond donors (Lipinski definition) is 1. The molecule has 3 atom stereocenters. The monoisotopic (exact) mass is 471 g/mol. The Hall–Kier alpha value is -1.76. The number of anilines is 1. The minimum absolute atomic E-state index is 0.0875. The van der Waals surface area contributed by atoms with Crippen LogP contribution in [0.25, 0.3) is 0 Å². The summed E-state index contributed by atoms with van der Waals surface area (Å²) in [6, 6.07) is -0.432. The van der Waals surface area contributed by atoms with Gasteiger partial charge >= 0.3 is 6.09 Å². The molecule has 2 aliphatic heterocycles. The molecule has 0 bridgehead atoms. The second-order valence-electron chi connectivity index (χ2n) is 8.39. The molecule has 3 aliphatic rings. The van der Waals surface area contributed by atoms with Crippen molar-refractivity contribution in [3.63, 3.8) is 0 Å². The van der Waals surface area contributed by atoms with Crippen molar-refractivity contribution in [3.05, 3.63) is 11.1 Å². The van der Waals surface area contributed by atoms with Gasteiger partial charge in [0.25, 0.3) is 10.2 Å². The van der Waals surface area contributed by atoms with E-state index >= 15 is 0 Å². The first kappa shape index (κ1) is 22.4. The number of nitrogens with one attached hydrogen (secondary N) is 1. The van der Waals surface area contributed by atoms with Gasteiger partial charge in [-0.1, -0.05) is 25.2 Å². The van der Waals surface area contributed by atoms with Crippen molar-refractivity contribution in [2.45, 2.75) is 64.3 Å². The summed E-state index contributed by atoms with van der Waals surface area (Å²) in [5.74, 6) is -0.577. The maximum atomic E-state index is 13.1. The Bertz CT molecular complexity index is 947. The Morgan fingerprint density at radius 1 is 1.39 bits per heavy atom. The number of hydrogen-bond acceptors (Lipinski definition) is 7. The lowest BCUT2D eigenvalue weighted by Crippen LogP contribution is -2.48. The van der Waals surface area contributed by atoms with Crippen molar-refractivity contribution >= 4 is 38.7 Å². The molecule has 3 fully saturated rings. The molecule has 2 saturated heterocycles. The van der Waals surface area contributed by atoms with Gasteiger partial charge in [0.1, 0.15) is 6.61 Å². The highest BCUT2D eigenvalue weighted by Crippen LogP contribution is 2.42. The largest absolute Gasteiger partial charge is 0.444 e. The first-order chi connectivity index (χ1) is 14.7. The predicted octanol–water partition coefficient (Wildman–Crippen LogP) is 1.54. The zero-order chi connectivity index (χ0) is 22.3. The van der Waals surface area contributed by atoms with Crippen LogP contribution in [-0.2, 0) is 26.3 Å². The van der Waals surface area contributed by atoms with Gasteiger partial charge in [-0.25, -0.2) is 9.78 Å². The molecule has 1 aromatic rings. The highest BCUT2D eigenvalue weighted by atomic mass is 32.2. The second kappa shape index (κ2) is 8.64. The molecule has 31 heavy (non-hydrogen) atoms. The highest BCUT2D eigenvalue weighted by Gasteiger charge is 2.56. The number of nitrogens with zero attached hydrogens (tertiary/aromatic N) is 4. The summed E-state index contributed by atoms with van der Waals surface area (Å²) in [5, 5.41) is 3.28. The lowest BCUT2D eigenvalue weighted by Gasteiger charge is -2.29. The van der Waals surface area contributed by atoms with Crippen molar-refractivity contribution in [1.29, 1.82) is 0 Å². The molecule has 1 aliphatic carbocycles. The fourth-order valence-corrected chi connectivity index (χ4v) is 6.95. The predicted molar refractivity (Wildman–Crippen MR) is 116 cm³/mol. The van der Waals surface area contributed by atoms with E-state index in [1.54, 1.807) is 25.1 Å². The molecule has 0 spiro atoms. The van der Waals surface area contributed by atoms with Gasteiger partial charge in [0.2, 0.25) is 5.91 Å². The van der Waals surface area contributed by atoms with E-state index in [-0.39, 0.29) is 24.6 Å². The molecule has 1 N–H and O–H groups in total. The van der Waals surface area contributed by atoms with Crippen molar-refractivity contribution in [2.75, 3.05) is 25.0 Å². The highest BCUT2D eigenvalue weighted by molar-refractivity contribution is 7.86. The number of alkyl carbamates (subject to hydrolysis) is 1. The molecule has 0 unspecified atom stereocenters. The number of amides is 2. The number of ether oxygens (including phenoxy) is 1. The molecule has 1 saturated carbocycles. The van der Waals surface area contributed by atoms with Gasteiger partial charge in [0.15, 0.2) is 5.13 Å². The van der Waals surface area contributed by atoms with Gasteiger partial charge in [-0.05, 0) is 25.7 Å².